The average molecular weight is 591 g/mol. The number of alkyl halides is 3. The molecule has 0 spiro atoms. The highest BCUT2D eigenvalue weighted by molar-refractivity contribution is 5.96. The summed E-state index contributed by atoms with van der Waals surface area (Å²) in [5.41, 5.74) is 1.82. The van der Waals surface area contributed by atoms with Gasteiger partial charge in [-0.25, -0.2) is 9.37 Å². The highest BCUT2D eigenvalue weighted by atomic mass is 19.4. The maximum atomic E-state index is 14.6. The number of rotatable bonds is 12. The van der Waals surface area contributed by atoms with Crippen molar-refractivity contribution in [3.63, 3.8) is 0 Å². The topological polar surface area (TPSA) is 104 Å². The first-order chi connectivity index (χ1) is 19.7. The van der Waals surface area contributed by atoms with Crippen LogP contribution in [0.3, 0.4) is 0 Å². The summed E-state index contributed by atoms with van der Waals surface area (Å²) in [6.45, 7) is 3.03. The molecular formula is C31H34F4N2O5. The fourth-order valence-corrected chi connectivity index (χ4v) is 4.56. The average Bonchev–Trinajstić information content (AvgIpc) is 3.76. The first-order valence-electron chi connectivity index (χ1n) is 13.4. The van der Waals surface area contributed by atoms with E-state index in [9.17, 15) is 27.5 Å². The number of ether oxygens (including phenoxy) is 3. The number of ketones is 1. The number of Topliss-reactive ketones (excluding diaryl/α,β-unsaturated/α-hetero) is 1. The van der Waals surface area contributed by atoms with Crippen LogP contribution >= 0.6 is 0 Å². The molecule has 0 bridgehead atoms. The number of hydrogen-bond acceptors (Lipinski definition) is 7. The fraction of sp³-hybridized carbons (Fsp3) is 0.419. The molecule has 11 heteroatoms. The van der Waals surface area contributed by atoms with Gasteiger partial charge in [0, 0.05) is 24.7 Å². The fourth-order valence-electron chi connectivity index (χ4n) is 4.56. The molecule has 1 fully saturated rings. The number of pyridine rings is 1. The van der Waals surface area contributed by atoms with Gasteiger partial charge in [0.15, 0.2) is 17.3 Å². The van der Waals surface area contributed by atoms with Gasteiger partial charge >= 0.3 is 6.18 Å². The van der Waals surface area contributed by atoms with Gasteiger partial charge < -0.3 is 25.1 Å². The monoisotopic (exact) mass is 590 g/mol. The summed E-state index contributed by atoms with van der Waals surface area (Å²) in [6, 6.07) is 11.0. The lowest BCUT2D eigenvalue weighted by molar-refractivity contribution is -0.270. The van der Waals surface area contributed by atoms with Crippen molar-refractivity contribution in [1.82, 2.24) is 4.98 Å². The molecule has 4 rings (SSSR count). The zero-order valence-electron chi connectivity index (χ0n) is 23.8. The largest absolute Gasteiger partial charge is 0.493 e. The molecule has 7 nitrogen and oxygen atoms in total. The normalized spacial score (nSPS) is 16.4. The van der Waals surface area contributed by atoms with Crippen LogP contribution < -0.4 is 15.2 Å². The number of hydrogen-bond donors (Lipinski definition) is 2. The minimum absolute atomic E-state index is 0.0448. The number of nitrogens with two attached hydrogens (primary N) is 1. The molecule has 3 aromatic rings. The van der Waals surface area contributed by atoms with Crippen LogP contribution in [0.15, 0.2) is 48.5 Å². The van der Waals surface area contributed by atoms with E-state index in [1.807, 2.05) is 0 Å². The van der Waals surface area contributed by atoms with Gasteiger partial charge in [0.1, 0.15) is 5.82 Å². The Morgan fingerprint density at radius 2 is 1.79 bits per heavy atom. The van der Waals surface area contributed by atoms with Crippen LogP contribution in [-0.4, -0.2) is 49.0 Å². The molecule has 1 heterocycles. The third-order valence-corrected chi connectivity index (χ3v) is 7.29. The quantitative estimate of drug-likeness (QED) is 0.198. The Hall–Kier alpha value is -3.54. The van der Waals surface area contributed by atoms with Gasteiger partial charge in [-0.2, -0.15) is 13.2 Å². The maximum absolute atomic E-state index is 14.6. The number of halogens is 4. The number of methoxy groups -OCH3 is 2. The van der Waals surface area contributed by atoms with Crippen molar-refractivity contribution in [3.05, 3.63) is 76.7 Å². The molecule has 1 aliphatic rings. The molecule has 2 aromatic carbocycles. The number of aromatic nitrogens is 1. The van der Waals surface area contributed by atoms with Crippen molar-refractivity contribution in [1.29, 1.82) is 0 Å². The first kappa shape index (κ1) is 31.4. The Morgan fingerprint density at radius 3 is 2.38 bits per heavy atom. The van der Waals surface area contributed by atoms with Gasteiger partial charge in [0.05, 0.1) is 36.7 Å². The number of aliphatic hydroxyl groups is 1. The van der Waals surface area contributed by atoms with Crippen molar-refractivity contribution >= 4 is 5.78 Å². The second kappa shape index (κ2) is 12.0. The highest BCUT2D eigenvalue weighted by Gasteiger charge is 2.56. The van der Waals surface area contributed by atoms with E-state index >= 15 is 0 Å². The second-order valence-corrected chi connectivity index (χ2v) is 10.9. The minimum atomic E-state index is -5.21. The third-order valence-electron chi connectivity index (χ3n) is 7.29. The van der Waals surface area contributed by atoms with Crippen molar-refractivity contribution in [2.24, 2.45) is 5.73 Å². The van der Waals surface area contributed by atoms with Crippen LogP contribution in [0.1, 0.15) is 59.8 Å². The summed E-state index contributed by atoms with van der Waals surface area (Å²) in [7, 11) is 2.80. The summed E-state index contributed by atoms with van der Waals surface area (Å²) in [4.78, 5) is 17.2. The molecule has 0 saturated heterocycles. The van der Waals surface area contributed by atoms with E-state index in [2.05, 4.69) is 4.98 Å². The number of carbonyl (C=O) groups excluding carboxylic acids is 1. The molecule has 1 aromatic heterocycles. The first-order valence-corrected chi connectivity index (χ1v) is 13.4. The van der Waals surface area contributed by atoms with Crippen LogP contribution in [0.25, 0.3) is 11.3 Å². The Bertz CT molecular complexity index is 1460. The van der Waals surface area contributed by atoms with E-state index in [4.69, 9.17) is 19.9 Å². The van der Waals surface area contributed by atoms with Crippen LogP contribution in [0.2, 0.25) is 0 Å². The summed E-state index contributed by atoms with van der Waals surface area (Å²) < 4.78 is 74.1. The van der Waals surface area contributed by atoms with E-state index in [1.54, 1.807) is 13.0 Å². The van der Waals surface area contributed by atoms with E-state index < -0.39 is 47.5 Å². The van der Waals surface area contributed by atoms with E-state index in [0.29, 0.717) is 11.3 Å². The molecule has 2 atom stereocenters. The molecule has 0 aliphatic heterocycles. The molecule has 1 aliphatic carbocycles. The summed E-state index contributed by atoms with van der Waals surface area (Å²) in [5.74, 6) is -0.406. The molecule has 0 radical (unpaired) electrons. The number of nitrogens with zero attached hydrogens (tertiary/aromatic N) is 1. The standard InChI is InChI=1S/C31H34F4N2O5/c1-18-13-19(5-9-23(18)32)24-15-21(29(2,36)17-40-3)16-28(37-24)30(39,31(33,34)35)12-11-25(38)20-6-10-26(27(14-20)41-4)42-22-7-8-22/h5-6,9-10,13-16,22,39H,7-8,11-12,17,36H2,1-4H3. The van der Waals surface area contributed by atoms with Crippen molar-refractivity contribution in [2.45, 2.75) is 63.0 Å². The maximum Gasteiger partial charge on any atom is 0.422 e. The molecule has 226 valence electrons. The molecular weight excluding hydrogens is 556 g/mol. The van der Waals surface area contributed by atoms with Crippen LogP contribution in [0, 0.1) is 12.7 Å². The predicted molar refractivity (Wildman–Crippen MR) is 148 cm³/mol. The number of aryl methyl sites for hydroxylation is 1. The summed E-state index contributed by atoms with van der Waals surface area (Å²) >= 11 is 0. The lowest BCUT2D eigenvalue weighted by Gasteiger charge is -2.32. The third kappa shape index (κ3) is 6.74. The Balaban J connectivity index is 1.72. The Morgan fingerprint density at radius 1 is 1.07 bits per heavy atom. The number of carbonyl (C=O) groups is 1. The van der Waals surface area contributed by atoms with Crippen molar-refractivity contribution in [2.75, 3.05) is 20.8 Å². The lowest BCUT2D eigenvalue weighted by Crippen LogP contribution is -2.44. The Labute approximate surface area is 241 Å². The molecule has 42 heavy (non-hydrogen) atoms. The molecule has 3 N–H and O–H groups in total. The van der Waals surface area contributed by atoms with Gasteiger partial charge in [-0.3, -0.25) is 4.79 Å². The van der Waals surface area contributed by atoms with Gasteiger partial charge in [-0.15, -0.1) is 0 Å². The molecule has 1 saturated carbocycles. The van der Waals surface area contributed by atoms with Gasteiger partial charge in [-0.05, 0) is 92.8 Å². The number of benzene rings is 2. The smallest absolute Gasteiger partial charge is 0.422 e. The highest BCUT2D eigenvalue weighted by Crippen LogP contribution is 2.44. The van der Waals surface area contributed by atoms with Crippen LogP contribution in [0.5, 0.6) is 11.5 Å². The molecule has 2 unspecified atom stereocenters. The molecule has 0 amide bonds. The zero-order valence-corrected chi connectivity index (χ0v) is 23.8. The minimum Gasteiger partial charge on any atom is -0.493 e. The van der Waals surface area contributed by atoms with Crippen molar-refractivity contribution < 1.29 is 41.7 Å². The van der Waals surface area contributed by atoms with E-state index in [-0.39, 0.29) is 40.8 Å². The summed E-state index contributed by atoms with van der Waals surface area (Å²) in [5, 5.41) is 11.2. The summed E-state index contributed by atoms with van der Waals surface area (Å²) in [6.07, 6.45) is -4.98. The van der Waals surface area contributed by atoms with Gasteiger partial charge in [-0.1, -0.05) is 0 Å². The van der Waals surface area contributed by atoms with E-state index in [0.717, 1.165) is 18.9 Å². The van der Waals surface area contributed by atoms with Crippen molar-refractivity contribution in [3.8, 4) is 22.8 Å². The second-order valence-electron chi connectivity index (χ2n) is 10.9. The SMILES string of the molecule is COCC(C)(N)c1cc(-c2ccc(F)c(C)c2)nc(C(O)(CCC(=O)c2ccc(OC3CC3)c(OC)c2)C(F)(F)F)c1. The van der Waals surface area contributed by atoms with Crippen LogP contribution in [0.4, 0.5) is 17.6 Å². The lowest BCUT2D eigenvalue weighted by atomic mass is 9.85. The van der Waals surface area contributed by atoms with Gasteiger partial charge in [0.25, 0.3) is 0 Å². The van der Waals surface area contributed by atoms with E-state index in [1.165, 1.54) is 57.5 Å². The van der Waals surface area contributed by atoms with Crippen LogP contribution in [-0.2, 0) is 15.9 Å². The Kier molecular flexibility index (Phi) is 8.96. The zero-order chi connectivity index (χ0) is 30.9. The predicted octanol–water partition coefficient (Wildman–Crippen LogP) is 5.98. The van der Waals surface area contributed by atoms with Gasteiger partial charge in [0.2, 0.25) is 5.60 Å².